The molecule has 7 heteroatoms. The van der Waals surface area contributed by atoms with Gasteiger partial charge in [-0.1, -0.05) is 13.0 Å². The molecule has 0 atom stereocenters. The minimum Gasteiger partial charge on any atom is -0.417 e. The lowest BCUT2D eigenvalue weighted by Crippen LogP contribution is -2.13. The maximum Gasteiger partial charge on any atom is 0.399 e. The predicted molar refractivity (Wildman–Crippen MR) is 78.1 cm³/mol. The standard InChI is InChI=1S/C14H18N2O4S/c1-3-7-15-9-11-10-19-14(16-11)20-12-5-4-6-13(8-12)21(2,17)18/h4-6,8,10,15H,3,7,9H2,1-2H3. The Morgan fingerprint density at radius 3 is 2.90 bits per heavy atom. The van der Waals surface area contributed by atoms with E-state index in [1.807, 2.05) is 0 Å². The number of rotatable bonds is 7. The third-order valence-corrected chi connectivity index (χ3v) is 3.81. The van der Waals surface area contributed by atoms with Gasteiger partial charge in [-0.05, 0) is 31.2 Å². The minimum absolute atomic E-state index is 0.0916. The molecule has 1 heterocycles. The molecular weight excluding hydrogens is 292 g/mol. The molecule has 114 valence electrons. The highest BCUT2D eigenvalue weighted by atomic mass is 32.2. The third kappa shape index (κ3) is 4.57. The fraction of sp³-hybridized carbons (Fsp3) is 0.357. The van der Waals surface area contributed by atoms with Crippen molar-refractivity contribution in [3.8, 4) is 11.8 Å². The van der Waals surface area contributed by atoms with Gasteiger partial charge in [0.05, 0.1) is 10.6 Å². The molecule has 1 N–H and O–H groups in total. The molecule has 2 rings (SSSR count). The summed E-state index contributed by atoms with van der Waals surface area (Å²) in [6, 6.07) is 6.21. The first-order valence-corrected chi connectivity index (χ1v) is 8.51. The summed E-state index contributed by atoms with van der Waals surface area (Å²) in [6.45, 7) is 3.59. The zero-order chi connectivity index (χ0) is 15.3. The Bertz CT molecular complexity index is 695. The molecule has 0 amide bonds. The van der Waals surface area contributed by atoms with Crippen molar-refractivity contribution in [2.45, 2.75) is 24.8 Å². The number of nitrogens with one attached hydrogen (secondary N) is 1. The largest absolute Gasteiger partial charge is 0.417 e. The SMILES string of the molecule is CCCNCc1coc(Oc2cccc(S(C)(=O)=O)c2)n1. The van der Waals surface area contributed by atoms with Crippen molar-refractivity contribution in [1.82, 2.24) is 10.3 Å². The van der Waals surface area contributed by atoms with Crippen LogP contribution in [0.5, 0.6) is 11.8 Å². The second kappa shape index (κ2) is 6.73. The highest BCUT2D eigenvalue weighted by molar-refractivity contribution is 7.90. The number of hydrogen-bond donors (Lipinski definition) is 1. The number of aromatic nitrogens is 1. The molecule has 1 aromatic carbocycles. The summed E-state index contributed by atoms with van der Waals surface area (Å²) in [7, 11) is -3.27. The van der Waals surface area contributed by atoms with Gasteiger partial charge in [-0.3, -0.25) is 0 Å². The van der Waals surface area contributed by atoms with Crippen LogP contribution in [0.25, 0.3) is 0 Å². The Morgan fingerprint density at radius 1 is 1.38 bits per heavy atom. The summed E-state index contributed by atoms with van der Waals surface area (Å²) >= 11 is 0. The molecule has 0 aliphatic rings. The van der Waals surface area contributed by atoms with E-state index in [4.69, 9.17) is 9.15 Å². The van der Waals surface area contributed by atoms with Crippen molar-refractivity contribution in [2.24, 2.45) is 0 Å². The second-order valence-corrected chi connectivity index (χ2v) is 6.65. The number of oxazole rings is 1. The maximum atomic E-state index is 11.5. The molecule has 0 aliphatic heterocycles. The van der Waals surface area contributed by atoms with E-state index < -0.39 is 9.84 Å². The highest BCUT2D eigenvalue weighted by Crippen LogP contribution is 2.23. The van der Waals surface area contributed by atoms with E-state index in [0.29, 0.717) is 12.3 Å². The van der Waals surface area contributed by atoms with Crippen LogP contribution in [0, 0.1) is 0 Å². The fourth-order valence-corrected chi connectivity index (χ4v) is 2.33. The molecule has 0 fully saturated rings. The first-order valence-electron chi connectivity index (χ1n) is 6.62. The van der Waals surface area contributed by atoms with Gasteiger partial charge in [0, 0.05) is 12.8 Å². The summed E-state index contributed by atoms with van der Waals surface area (Å²) in [5.41, 5.74) is 0.734. The number of nitrogens with zero attached hydrogens (tertiary/aromatic N) is 1. The van der Waals surface area contributed by atoms with Crippen LogP contribution in [-0.4, -0.2) is 26.2 Å². The summed E-state index contributed by atoms with van der Waals surface area (Å²) in [4.78, 5) is 4.36. The number of sulfone groups is 1. The molecule has 0 spiro atoms. The van der Waals surface area contributed by atoms with Crippen LogP contribution >= 0.6 is 0 Å². The first kappa shape index (κ1) is 15.5. The van der Waals surface area contributed by atoms with Gasteiger partial charge in [-0.2, -0.15) is 4.98 Å². The van der Waals surface area contributed by atoms with Crippen molar-refractivity contribution < 1.29 is 17.6 Å². The predicted octanol–water partition coefficient (Wildman–Crippen LogP) is 2.37. The lowest BCUT2D eigenvalue weighted by molar-refractivity contribution is 0.330. The molecule has 6 nitrogen and oxygen atoms in total. The molecule has 0 unspecified atom stereocenters. The highest BCUT2D eigenvalue weighted by Gasteiger charge is 2.10. The van der Waals surface area contributed by atoms with Crippen LogP contribution in [0.3, 0.4) is 0 Å². The van der Waals surface area contributed by atoms with E-state index in [0.717, 1.165) is 24.9 Å². The van der Waals surface area contributed by atoms with Crippen LogP contribution < -0.4 is 10.1 Å². The monoisotopic (exact) mass is 310 g/mol. The van der Waals surface area contributed by atoms with Crippen molar-refractivity contribution in [3.05, 3.63) is 36.2 Å². The van der Waals surface area contributed by atoms with E-state index in [1.54, 1.807) is 12.1 Å². The zero-order valence-corrected chi connectivity index (χ0v) is 12.8. The van der Waals surface area contributed by atoms with Gasteiger partial charge in [0.2, 0.25) is 0 Å². The normalized spacial score (nSPS) is 11.5. The van der Waals surface area contributed by atoms with E-state index in [1.165, 1.54) is 18.4 Å². The smallest absolute Gasteiger partial charge is 0.399 e. The van der Waals surface area contributed by atoms with Crippen molar-refractivity contribution >= 4 is 9.84 Å². The van der Waals surface area contributed by atoms with Gasteiger partial charge in [0.15, 0.2) is 9.84 Å². The molecule has 0 saturated heterocycles. The molecular formula is C14H18N2O4S. The second-order valence-electron chi connectivity index (χ2n) is 4.63. The summed E-state index contributed by atoms with van der Waals surface area (Å²) in [5, 5.41) is 3.20. The Morgan fingerprint density at radius 2 is 2.19 bits per heavy atom. The van der Waals surface area contributed by atoms with Crippen LogP contribution in [0.15, 0.2) is 39.8 Å². The average Bonchev–Trinajstić information content (AvgIpc) is 2.86. The van der Waals surface area contributed by atoms with Crippen LogP contribution in [0.1, 0.15) is 19.0 Å². The lowest BCUT2D eigenvalue weighted by atomic mass is 10.3. The summed E-state index contributed by atoms with van der Waals surface area (Å²) in [6.07, 6.45) is 3.79. The molecule has 2 aromatic rings. The third-order valence-electron chi connectivity index (χ3n) is 2.70. The van der Waals surface area contributed by atoms with E-state index in [2.05, 4.69) is 17.2 Å². The minimum atomic E-state index is -3.27. The van der Waals surface area contributed by atoms with E-state index >= 15 is 0 Å². The molecule has 0 bridgehead atoms. The Kier molecular flexibility index (Phi) is 4.98. The summed E-state index contributed by atoms with van der Waals surface area (Å²) < 4.78 is 33.6. The van der Waals surface area contributed by atoms with Gasteiger partial charge >= 0.3 is 6.08 Å². The summed E-state index contributed by atoms with van der Waals surface area (Å²) in [5.74, 6) is 0.368. The van der Waals surface area contributed by atoms with E-state index in [-0.39, 0.29) is 11.0 Å². The number of ether oxygens (including phenoxy) is 1. The van der Waals surface area contributed by atoms with Crippen LogP contribution in [0.4, 0.5) is 0 Å². The Hall–Kier alpha value is -1.86. The fourth-order valence-electron chi connectivity index (χ4n) is 1.68. The Balaban J connectivity index is 2.05. The van der Waals surface area contributed by atoms with Gasteiger partial charge in [-0.25, -0.2) is 8.42 Å². The number of benzene rings is 1. The topological polar surface area (TPSA) is 81.4 Å². The first-order chi connectivity index (χ1) is 9.99. The molecule has 21 heavy (non-hydrogen) atoms. The van der Waals surface area contributed by atoms with Crippen molar-refractivity contribution in [1.29, 1.82) is 0 Å². The molecule has 1 aromatic heterocycles. The van der Waals surface area contributed by atoms with Crippen LogP contribution in [0.2, 0.25) is 0 Å². The van der Waals surface area contributed by atoms with Crippen molar-refractivity contribution in [2.75, 3.05) is 12.8 Å². The van der Waals surface area contributed by atoms with Crippen LogP contribution in [-0.2, 0) is 16.4 Å². The molecule has 0 aliphatic carbocycles. The molecule has 0 radical (unpaired) electrons. The lowest BCUT2D eigenvalue weighted by Gasteiger charge is -2.03. The van der Waals surface area contributed by atoms with Gasteiger partial charge < -0.3 is 14.5 Å². The van der Waals surface area contributed by atoms with Gasteiger partial charge in [0.25, 0.3) is 0 Å². The zero-order valence-electron chi connectivity index (χ0n) is 12.0. The van der Waals surface area contributed by atoms with E-state index in [9.17, 15) is 8.42 Å². The van der Waals surface area contributed by atoms with Crippen molar-refractivity contribution in [3.63, 3.8) is 0 Å². The Labute approximate surface area is 124 Å². The quantitative estimate of drug-likeness (QED) is 0.791. The average molecular weight is 310 g/mol. The maximum absolute atomic E-state index is 11.5. The van der Waals surface area contributed by atoms with Gasteiger partial charge in [0.1, 0.15) is 12.0 Å². The van der Waals surface area contributed by atoms with Gasteiger partial charge in [-0.15, -0.1) is 0 Å². The molecule has 0 saturated carbocycles. The number of hydrogen-bond acceptors (Lipinski definition) is 6.